The second-order valence-electron chi connectivity index (χ2n) is 7.08. The second-order valence-corrected chi connectivity index (χ2v) is 7.92. The molecule has 2 aromatic heterocycles. The third-order valence-electron chi connectivity index (χ3n) is 5.14. The fourth-order valence-electron chi connectivity index (χ4n) is 3.46. The number of nitrogens with zero attached hydrogens (tertiary/aromatic N) is 2. The van der Waals surface area contributed by atoms with E-state index in [1.54, 1.807) is 12.1 Å². The highest BCUT2D eigenvalue weighted by Crippen LogP contribution is 2.44. The summed E-state index contributed by atoms with van der Waals surface area (Å²) in [5.74, 6) is 1.06. The van der Waals surface area contributed by atoms with E-state index < -0.39 is 0 Å². The lowest BCUT2D eigenvalue weighted by Gasteiger charge is -2.17. The van der Waals surface area contributed by atoms with E-state index in [0.717, 1.165) is 16.2 Å². The van der Waals surface area contributed by atoms with Crippen LogP contribution in [0.3, 0.4) is 0 Å². The summed E-state index contributed by atoms with van der Waals surface area (Å²) < 4.78 is 14.9. The van der Waals surface area contributed by atoms with Gasteiger partial charge >= 0.3 is 0 Å². The van der Waals surface area contributed by atoms with Crippen LogP contribution in [0.25, 0.3) is 16.2 Å². The van der Waals surface area contributed by atoms with Gasteiger partial charge in [-0.2, -0.15) is 0 Å². The molecule has 2 saturated carbocycles. The van der Waals surface area contributed by atoms with Gasteiger partial charge in [0.2, 0.25) is 0 Å². The number of hydrogen-bond acceptors (Lipinski definition) is 3. The minimum atomic E-state index is -0.268. The van der Waals surface area contributed by atoms with E-state index in [9.17, 15) is 9.18 Å². The van der Waals surface area contributed by atoms with Gasteiger partial charge in [0, 0.05) is 23.2 Å². The van der Waals surface area contributed by atoms with Crippen molar-refractivity contribution in [3.8, 4) is 11.3 Å². The SMILES string of the molecule is O=C(NC(C1CC1)C1CC1)c1csc2nc(-c3ccc(F)cc3)cn12. The Kier molecular flexibility index (Phi) is 3.41. The fourth-order valence-corrected chi connectivity index (χ4v) is 4.32. The molecule has 0 unspecified atom stereocenters. The van der Waals surface area contributed by atoms with Crippen LogP contribution in [-0.4, -0.2) is 21.3 Å². The summed E-state index contributed by atoms with van der Waals surface area (Å²) in [5, 5.41) is 5.13. The molecule has 2 fully saturated rings. The number of aromatic nitrogens is 2. The van der Waals surface area contributed by atoms with Gasteiger partial charge < -0.3 is 5.32 Å². The lowest BCUT2D eigenvalue weighted by Crippen LogP contribution is -2.38. The molecule has 2 aliphatic carbocycles. The zero-order valence-corrected chi connectivity index (χ0v) is 14.4. The lowest BCUT2D eigenvalue weighted by atomic mass is 10.1. The minimum absolute atomic E-state index is 0.0156. The average molecular weight is 355 g/mol. The molecular weight excluding hydrogens is 337 g/mol. The molecule has 6 heteroatoms. The Morgan fingerprint density at radius 3 is 2.52 bits per heavy atom. The van der Waals surface area contributed by atoms with Crippen LogP contribution in [0, 0.1) is 17.7 Å². The lowest BCUT2D eigenvalue weighted by molar-refractivity contribution is 0.0920. The van der Waals surface area contributed by atoms with E-state index in [1.165, 1.54) is 49.2 Å². The van der Waals surface area contributed by atoms with Crippen LogP contribution in [0.15, 0.2) is 35.8 Å². The molecular formula is C19H18FN3OS. The van der Waals surface area contributed by atoms with Gasteiger partial charge in [0.25, 0.3) is 5.91 Å². The van der Waals surface area contributed by atoms with Crippen LogP contribution in [-0.2, 0) is 0 Å². The molecule has 2 heterocycles. The van der Waals surface area contributed by atoms with Gasteiger partial charge in [0.05, 0.1) is 5.69 Å². The molecule has 4 nitrogen and oxygen atoms in total. The molecule has 0 atom stereocenters. The quantitative estimate of drug-likeness (QED) is 0.748. The van der Waals surface area contributed by atoms with E-state index in [4.69, 9.17) is 0 Å². The molecule has 0 bridgehead atoms. The van der Waals surface area contributed by atoms with Crippen molar-refractivity contribution in [2.75, 3.05) is 0 Å². The normalized spacial score (nSPS) is 17.4. The number of fused-ring (bicyclic) bond motifs is 1. The summed E-state index contributed by atoms with van der Waals surface area (Å²) in [6, 6.07) is 6.59. The number of thiazole rings is 1. The zero-order valence-electron chi connectivity index (χ0n) is 13.6. The van der Waals surface area contributed by atoms with Crippen LogP contribution < -0.4 is 5.32 Å². The smallest absolute Gasteiger partial charge is 0.269 e. The maximum absolute atomic E-state index is 13.1. The van der Waals surface area contributed by atoms with Crippen molar-refractivity contribution >= 4 is 22.2 Å². The van der Waals surface area contributed by atoms with E-state index >= 15 is 0 Å². The topological polar surface area (TPSA) is 46.4 Å². The molecule has 128 valence electrons. The summed E-state index contributed by atoms with van der Waals surface area (Å²) >= 11 is 1.45. The number of nitrogens with one attached hydrogen (secondary N) is 1. The van der Waals surface area contributed by atoms with E-state index in [1.807, 2.05) is 16.0 Å². The van der Waals surface area contributed by atoms with Crippen molar-refractivity contribution < 1.29 is 9.18 Å². The van der Waals surface area contributed by atoms with Crippen LogP contribution in [0.5, 0.6) is 0 Å². The highest BCUT2D eigenvalue weighted by atomic mass is 32.1. The standard InChI is InChI=1S/C19H18FN3OS/c20-14-7-5-11(6-8-14)15-9-23-16(10-25-19(23)21-15)18(24)22-17(12-1-2-12)13-3-4-13/h5-10,12-13,17H,1-4H2,(H,22,24). The Hall–Kier alpha value is -2.21. The van der Waals surface area contributed by atoms with E-state index in [0.29, 0.717) is 23.6 Å². The average Bonchev–Trinajstić information content (AvgIpc) is 3.52. The third-order valence-corrected chi connectivity index (χ3v) is 5.98. The van der Waals surface area contributed by atoms with Crippen molar-refractivity contribution in [1.29, 1.82) is 0 Å². The summed E-state index contributed by atoms with van der Waals surface area (Å²) in [6.07, 6.45) is 6.80. The van der Waals surface area contributed by atoms with Crippen LogP contribution in [0.4, 0.5) is 4.39 Å². The molecule has 1 amide bonds. The molecule has 0 saturated heterocycles. The van der Waals surface area contributed by atoms with Crippen LogP contribution >= 0.6 is 11.3 Å². The maximum atomic E-state index is 13.1. The first kappa shape index (κ1) is 15.1. The van der Waals surface area contributed by atoms with Crippen molar-refractivity contribution in [3.63, 3.8) is 0 Å². The monoisotopic (exact) mass is 355 g/mol. The van der Waals surface area contributed by atoms with Crippen molar-refractivity contribution in [1.82, 2.24) is 14.7 Å². The summed E-state index contributed by atoms with van der Waals surface area (Å²) in [4.78, 5) is 18.1. The van der Waals surface area contributed by atoms with Gasteiger partial charge in [-0.05, 0) is 61.8 Å². The number of hydrogen-bond donors (Lipinski definition) is 1. The minimum Gasteiger partial charge on any atom is -0.347 e. The predicted molar refractivity (Wildman–Crippen MR) is 95.2 cm³/mol. The highest BCUT2D eigenvalue weighted by Gasteiger charge is 2.42. The van der Waals surface area contributed by atoms with Gasteiger partial charge in [-0.3, -0.25) is 9.20 Å². The number of amides is 1. The molecule has 3 aromatic rings. The molecule has 5 rings (SSSR count). The first-order valence-electron chi connectivity index (χ1n) is 8.72. The third kappa shape index (κ3) is 2.84. The fraction of sp³-hybridized carbons (Fsp3) is 0.368. The predicted octanol–water partition coefficient (Wildman–Crippen LogP) is 4.12. The van der Waals surface area contributed by atoms with Gasteiger partial charge in [-0.25, -0.2) is 9.37 Å². The van der Waals surface area contributed by atoms with Crippen LogP contribution in [0.1, 0.15) is 36.2 Å². The van der Waals surface area contributed by atoms with Gasteiger partial charge in [-0.15, -0.1) is 11.3 Å². The maximum Gasteiger partial charge on any atom is 0.269 e. The summed E-state index contributed by atoms with van der Waals surface area (Å²) in [5.41, 5.74) is 2.23. The number of imidazole rings is 1. The zero-order chi connectivity index (χ0) is 17.0. The summed E-state index contributed by atoms with van der Waals surface area (Å²) in [6.45, 7) is 0. The number of halogens is 1. The summed E-state index contributed by atoms with van der Waals surface area (Å²) in [7, 11) is 0. The van der Waals surface area contributed by atoms with Gasteiger partial charge in [0.1, 0.15) is 11.5 Å². The molecule has 25 heavy (non-hydrogen) atoms. The largest absolute Gasteiger partial charge is 0.347 e. The van der Waals surface area contributed by atoms with E-state index in [2.05, 4.69) is 10.3 Å². The molecule has 0 radical (unpaired) electrons. The van der Waals surface area contributed by atoms with Crippen molar-refractivity contribution in [2.24, 2.45) is 11.8 Å². The van der Waals surface area contributed by atoms with Gasteiger partial charge in [-0.1, -0.05) is 0 Å². The van der Waals surface area contributed by atoms with Gasteiger partial charge in [0.15, 0.2) is 4.96 Å². The molecule has 2 aliphatic rings. The van der Waals surface area contributed by atoms with E-state index in [-0.39, 0.29) is 11.7 Å². The Morgan fingerprint density at radius 2 is 1.88 bits per heavy atom. The molecule has 0 aliphatic heterocycles. The molecule has 0 spiro atoms. The Labute approximate surface area is 148 Å². The number of carbonyl (C=O) groups is 1. The molecule has 1 aromatic carbocycles. The van der Waals surface area contributed by atoms with Crippen molar-refractivity contribution in [3.05, 3.63) is 47.4 Å². The Balaban J connectivity index is 1.43. The number of benzene rings is 1. The second kappa shape index (κ2) is 5.66. The number of rotatable bonds is 5. The Morgan fingerprint density at radius 1 is 1.20 bits per heavy atom. The highest BCUT2D eigenvalue weighted by molar-refractivity contribution is 7.15. The molecule has 1 N–H and O–H groups in total. The first-order valence-corrected chi connectivity index (χ1v) is 9.60. The van der Waals surface area contributed by atoms with Crippen molar-refractivity contribution in [2.45, 2.75) is 31.7 Å². The first-order chi connectivity index (χ1) is 12.2. The Bertz CT molecular complexity index is 925. The van der Waals surface area contributed by atoms with Crippen LogP contribution in [0.2, 0.25) is 0 Å². The number of carbonyl (C=O) groups excluding carboxylic acids is 1.